The van der Waals surface area contributed by atoms with Gasteiger partial charge in [0.05, 0.1) is 0 Å². The van der Waals surface area contributed by atoms with Gasteiger partial charge in [0.15, 0.2) is 5.52 Å². The molecule has 1 unspecified atom stereocenters. The Kier molecular flexibility index (Phi) is 4.34. The Morgan fingerprint density at radius 1 is 1.22 bits per heavy atom. The standard InChI is InChI=1S/C15H14ClN3O3S/c1-2-12(10-5-3-6-11(16)9-10)19-23(20,21)14-8-4-7-13-15(14)18-22-17-13/h3-9,12,19H,2H2,1H3. The van der Waals surface area contributed by atoms with Gasteiger partial charge >= 0.3 is 0 Å². The molecule has 0 saturated carbocycles. The number of halogens is 1. The van der Waals surface area contributed by atoms with Crippen molar-refractivity contribution in [1.29, 1.82) is 0 Å². The maximum atomic E-state index is 12.7. The topological polar surface area (TPSA) is 85.1 Å². The van der Waals surface area contributed by atoms with Crippen LogP contribution < -0.4 is 4.72 Å². The van der Waals surface area contributed by atoms with Crippen molar-refractivity contribution >= 4 is 32.7 Å². The summed E-state index contributed by atoms with van der Waals surface area (Å²) in [7, 11) is -3.78. The average molecular weight is 352 g/mol. The molecule has 0 aliphatic carbocycles. The van der Waals surface area contributed by atoms with Crippen LogP contribution >= 0.6 is 11.6 Å². The highest BCUT2D eigenvalue weighted by Crippen LogP contribution is 2.25. The summed E-state index contributed by atoms with van der Waals surface area (Å²) in [5.74, 6) is 0. The first kappa shape index (κ1) is 15.9. The molecule has 6 nitrogen and oxygen atoms in total. The lowest BCUT2D eigenvalue weighted by atomic mass is 10.1. The third kappa shape index (κ3) is 3.21. The van der Waals surface area contributed by atoms with Gasteiger partial charge < -0.3 is 0 Å². The summed E-state index contributed by atoms with van der Waals surface area (Å²) in [6.07, 6.45) is 0.576. The van der Waals surface area contributed by atoms with Gasteiger partial charge in [0.2, 0.25) is 10.0 Å². The molecule has 120 valence electrons. The quantitative estimate of drug-likeness (QED) is 0.762. The van der Waals surface area contributed by atoms with Crippen molar-refractivity contribution < 1.29 is 13.0 Å². The van der Waals surface area contributed by atoms with E-state index in [9.17, 15) is 8.42 Å². The first-order valence-electron chi connectivity index (χ1n) is 7.00. The van der Waals surface area contributed by atoms with Crippen LogP contribution in [0.15, 0.2) is 52.0 Å². The maximum absolute atomic E-state index is 12.7. The van der Waals surface area contributed by atoms with Gasteiger partial charge in [-0.25, -0.2) is 17.8 Å². The summed E-state index contributed by atoms with van der Waals surface area (Å²) in [6, 6.07) is 11.4. The molecule has 3 aromatic rings. The van der Waals surface area contributed by atoms with Crippen LogP contribution in [0.4, 0.5) is 0 Å². The third-order valence-electron chi connectivity index (χ3n) is 3.50. The van der Waals surface area contributed by atoms with Crippen molar-refractivity contribution in [2.24, 2.45) is 0 Å². The van der Waals surface area contributed by atoms with Crippen LogP contribution in [0.3, 0.4) is 0 Å². The van der Waals surface area contributed by atoms with E-state index in [1.54, 1.807) is 30.3 Å². The van der Waals surface area contributed by atoms with Crippen molar-refractivity contribution in [3.63, 3.8) is 0 Å². The molecule has 0 fully saturated rings. The fourth-order valence-electron chi connectivity index (χ4n) is 2.36. The maximum Gasteiger partial charge on any atom is 0.243 e. The second-order valence-electron chi connectivity index (χ2n) is 5.03. The molecule has 1 aromatic heterocycles. The molecule has 0 radical (unpaired) electrons. The van der Waals surface area contributed by atoms with Crippen LogP contribution in [0.25, 0.3) is 11.0 Å². The van der Waals surface area contributed by atoms with Crippen LogP contribution in [0.2, 0.25) is 5.02 Å². The summed E-state index contributed by atoms with van der Waals surface area (Å²) < 4.78 is 32.7. The van der Waals surface area contributed by atoms with E-state index < -0.39 is 16.1 Å². The normalized spacial score (nSPS) is 13.3. The average Bonchev–Trinajstić information content (AvgIpc) is 3.01. The van der Waals surface area contributed by atoms with E-state index in [0.29, 0.717) is 17.0 Å². The zero-order chi connectivity index (χ0) is 16.4. The van der Waals surface area contributed by atoms with Crippen LogP contribution in [-0.2, 0) is 10.0 Å². The smallest absolute Gasteiger partial charge is 0.243 e. The van der Waals surface area contributed by atoms with Gasteiger partial charge in [0, 0.05) is 11.1 Å². The summed E-state index contributed by atoms with van der Waals surface area (Å²) in [6.45, 7) is 1.90. The van der Waals surface area contributed by atoms with E-state index in [4.69, 9.17) is 11.6 Å². The first-order valence-corrected chi connectivity index (χ1v) is 8.86. The molecule has 1 N–H and O–H groups in total. The third-order valence-corrected chi connectivity index (χ3v) is 5.23. The Morgan fingerprint density at radius 3 is 2.74 bits per heavy atom. The Balaban J connectivity index is 1.98. The van der Waals surface area contributed by atoms with Crippen molar-refractivity contribution in [2.45, 2.75) is 24.3 Å². The van der Waals surface area contributed by atoms with Gasteiger partial charge in [-0.1, -0.05) is 36.7 Å². The molecule has 0 spiro atoms. The minimum Gasteiger partial charge on any atom is -0.243 e. The Bertz CT molecular complexity index is 940. The zero-order valence-electron chi connectivity index (χ0n) is 12.2. The highest BCUT2D eigenvalue weighted by molar-refractivity contribution is 7.89. The van der Waals surface area contributed by atoms with Crippen LogP contribution in [-0.4, -0.2) is 18.7 Å². The van der Waals surface area contributed by atoms with Crippen molar-refractivity contribution in [3.05, 3.63) is 53.1 Å². The molecule has 8 heteroatoms. The summed E-state index contributed by atoms with van der Waals surface area (Å²) >= 11 is 5.99. The van der Waals surface area contributed by atoms with Gasteiger partial charge in [0.25, 0.3) is 0 Å². The molecule has 1 atom stereocenters. The number of benzene rings is 2. The molecule has 1 heterocycles. The highest BCUT2D eigenvalue weighted by Gasteiger charge is 2.24. The largest absolute Gasteiger partial charge is 0.243 e. The lowest BCUT2D eigenvalue weighted by Gasteiger charge is -2.17. The molecular formula is C15H14ClN3O3S. The molecular weight excluding hydrogens is 338 g/mol. The van der Waals surface area contributed by atoms with E-state index in [0.717, 1.165) is 5.56 Å². The van der Waals surface area contributed by atoms with Crippen LogP contribution in [0.5, 0.6) is 0 Å². The molecule has 0 amide bonds. The number of nitrogens with one attached hydrogen (secondary N) is 1. The fraction of sp³-hybridized carbons (Fsp3) is 0.200. The van der Waals surface area contributed by atoms with Crippen molar-refractivity contribution in [3.8, 4) is 0 Å². The SMILES string of the molecule is CCC(NS(=O)(=O)c1cccc2nonc12)c1cccc(Cl)c1. The number of rotatable bonds is 5. The number of hydrogen-bond acceptors (Lipinski definition) is 5. The minimum atomic E-state index is -3.78. The van der Waals surface area contributed by atoms with Crippen molar-refractivity contribution in [2.75, 3.05) is 0 Å². The lowest BCUT2D eigenvalue weighted by molar-refractivity contribution is 0.315. The first-order chi connectivity index (χ1) is 11.0. The van der Waals surface area contributed by atoms with Crippen molar-refractivity contribution in [1.82, 2.24) is 15.0 Å². The van der Waals surface area contributed by atoms with Gasteiger partial charge in [0.1, 0.15) is 10.4 Å². The van der Waals surface area contributed by atoms with Crippen LogP contribution in [0.1, 0.15) is 24.9 Å². The molecule has 0 saturated heterocycles. The Hall–Kier alpha value is -1.96. The lowest BCUT2D eigenvalue weighted by Crippen LogP contribution is -2.28. The van der Waals surface area contributed by atoms with E-state index in [1.165, 1.54) is 6.07 Å². The molecule has 0 bridgehead atoms. The van der Waals surface area contributed by atoms with Gasteiger partial charge in [-0.15, -0.1) is 0 Å². The van der Waals surface area contributed by atoms with E-state index in [-0.39, 0.29) is 10.4 Å². The number of nitrogens with zero attached hydrogens (tertiary/aromatic N) is 2. The predicted molar refractivity (Wildman–Crippen MR) is 86.6 cm³/mol. The van der Waals surface area contributed by atoms with Gasteiger partial charge in [-0.05, 0) is 46.6 Å². The summed E-state index contributed by atoms with van der Waals surface area (Å²) in [5.41, 5.74) is 1.40. The summed E-state index contributed by atoms with van der Waals surface area (Å²) in [4.78, 5) is 0.0386. The van der Waals surface area contributed by atoms with E-state index in [1.807, 2.05) is 13.0 Å². The minimum absolute atomic E-state index is 0.0386. The number of hydrogen-bond donors (Lipinski definition) is 1. The highest BCUT2D eigenvalue weighted by atomic mass is 35.5. The van der Waals surface area contributed by atoms with Crippen LogP contribution in [0, 0.1) is 0 Å². The number of fused-ring (bicyclic) bond motifs is 1. The molecule has 2 aromatic carbocycles. The molecule has 3 rings (SSSR count). The van der Waals surface area contributed by atoms with Gasteiger partial charge in [-0.2, -0.15) is 0 Å². The Morgan fingerprint density at radius 2 is 2.00 bits per heavy atom. The second kappa shape index (κ2) is 6.27. The summed E-state index contributed by atoms with van der Waals surface area (Å²) in [5, 5.41) is 7.90. The second-order valence-corrected chi connectivity index (χ2v) is 7.14. The number of aromatic nitrogens is 2. The van der Waals surface area contributed by atoms with E-state index >= 15 is 0 Å². The predicted octanol–water partition coefficient (Wildman–Crippen LogP) is 3.31. The molecule has 0 aliphatic rings. The number of sulfonamides is 1. The monoisotopic (exact) mass is 351 g/mol. The zero-order valence-corrected chi connectivity index (χ0v) is 13.8. The molecule has 23 heavy (non-hydrogen) atoms. The fourth-order valence-corrected chi connectivity index (χ4v) is 4.02. The Labute approximate surface area is 138 Å². The molecule has 0 aliphatic heterocycles. The van der Waals surface area contributed by atoms with E-state index in [2.05, 4.69) is 19.7 Å². The van der Waals surface area contributed by atoms with Gasteiger partial charge in [-0.3, -0.25) is 0 Å².